The lowest BCUT2D eigenvalue weighted by Gasteiger charge is -2.15. The summed E-state index contributed by atoms with van der Waals surface area (Å²) in [7, 11) is 0. The van der Waals surface area contributed by atoms with Crippen molar-refractivity contribution in [2.24, 2.45) is 0 Å². The molecule has 17 heavy (non-hydrogen) atoms. The van der Waals surface area contributed by atoms with E-state index in [1.165, 1.54) is 0 Å². The van der Waals surface area contributed by atoms with Gasteiger partial charge in [0.25, 0.3) is 0 Å². The summed E-state index contributed by atoms with van der Waals surface area (Å²) < 4.78 is 2.78. The molecule has 0 saturated heterocycles. The van der Waals surface area contributed by atoms with Crippen LogP contribution in [-0.4, -0.2) is 14.9 Å². The Hall–Kier alpha value is -1.13. The van der Waals surface area contributed by atoms with Crippen molar-refractivity contribution < 1.29 is 5.11 Å². The van der Waals surface area contributed by atoms with Gasteiger partial charge in [0.05, 0.1) is 5.69 Å². The molecule has 0 aliphatic rings. The van der Waals surface area contributed by atoms with Crippen LogP contribution >= 0.6 is 15.9 Å². The molecule has 0 amide bonds. The number of aliphatic hydroxyl groups excluding tert-OH is 1. The quantitative estimate of drug-likeness (QED) is 0.945. The first kappa shape index (κ1) is 12.3. The van der Waals surface area contributed by atoms with E-state index in [-0.39, 0.29) is 0 Å². The maximum atomic E-state index is 10.4. The van der Waals surface area contributed by atoms with Crippen molar-refractivity contribution >= 4 is 15.9 Å². The molecule has 1 atom stereocenters. The molecule has 1 aromatic carbocycles. The van der Waals surface area contributed by atoms with E-state index in [2.05, 4.69) is 21.0 Å². The average Bonchev–Trinajstić information content (AvgIpc) is 2.79. The highest BCUT2D eigenvalue weighted by Crippen LogP contribution is 2.27. The zero-order chi connectivity index (χ0) is 12.4. The molecule has 0 radical (unpaired) electrons. The fourth-order valence-corrected chi connectivity index (χ4v) is 2.28. The lowest BCUT2D eigenvalue weighted by molar-refractivity contribution is 0.207. The molecule has 1 N–H and O–H groups in total. The van der Waals surface area contributed by atoms with Crippen LogP contribution in [-0.2, 0) is 6.54 Å². The van der Waals surface area contributed by atoms with Crippen molar-refractivity contribution in [1.29, 1.82) is 0 Å². The van der Waals surface area contributed by atoms with Gasteiger partial charge < -0.3 is 5.11 Å². The third-order valence-electron chi connectivity index (χ3n) is 2.86. The topological polar surface area (TPSA) is 38.0 Å². The lowest BCUT2D eigenvalue weighted by atomic mass is 10.0. The number of aliphatic hydroxyl groups is 1. The fourth-order valence-electron chi connectivity index (χ4n) is 1.90. The molecular weight excluding hydrogens is 280 g/mol. The van der Waals surface area contributed by atoms with Crippen LogP contribution in [0.5, 0.6) is 0 Å². The molecule has 2 aromatic rings. The molecule has 0 spiro atoms. The summed E-state index contributed by atoms with van der Waals surface area (Å²) >= 11 is 3.43. The Morgan fingerprint density at radius 1 is 1.41 bits per heavy atom. The molecule has 0 saturated carbocycles. The Bertz CT molecular complexity index is 522. The Labute approximate surface area is 109 Å². The molecule has 0 aliphatic heterocycles. The van der Waals surface area contributed by atoms with Gasteiger partial charge >= 0.3 is 0 Å². The second-order valence-corrected chi connectivity index (χ2v) is 4.89. The van der Waals surface area contributed by atoms with E-state index in [0.717, 1.165) is 27.8 Å². The van der Waals surface area contributed by atoms with Crippen LogP contribution in [0.15, 0.2) is 34.9 Å². The van der Waals surface area contributed by atoms with Crippen LogP contribution < -0.4 is 0 Å². The summed E-state index contributed by atoms with van der Waals surface area (Å²) in [5, 5.41) is 14.6. The number of nitrogens with zero attached hydrogens (tertiary/aromatic N) is 2. The van der Waals surface area contributed by atoms with E-state index >= 15 is 0 Å². The molecule has 90 valence electrons. The van der Waals surface area contributed by atoms with Crippen molar-refractivity contribution in [2.75, 3.05) is 0 Å². The summed E-state index contributed by atoms with van der Waals surface area (Å²) in [5.41, 5.74) is 2.81. The average molecular weight is 295 g/mol. The monoisotopic (exact) mass is 294 g/mol. The summed E-state index contributed by atoms with van der Waals surface area (Å²) in [4.78, 5) is 0. The van der Waals surface area contributed by atoms with Crippen LogP contribution in [0.1, 0.15) is 29.8 Å². The summed E-state index contributed by atoms with van der Waals surface area (Å²) in [6.07, 6.45) is 1.09. The van der Waals surface area contributed by atoms with Crippen molar-refractivity contribution in [2.45, 2.75) is 26.5 Å². The van der Waals surface area contributed by atoms with Gasteiger partial charge in [-0.2, -0.15) is 5.10 Å². The number of rotatable bonds is 3. The summed E-state index contributed by atoms with van der Waals surface area (Å²) in [6.45, 7) is 4.76. The second-order valence-electron chi connectivity index (χ2n) is 3.98. The van der Waals surface area contributed by atoms with E-state index in [0.29, 0.717) is 0 Å². The first-order valence-corrected chi connectivity index (χ1v) is 6.38. The predicted octanol–water partition coefficient (Wildman–Crippen LogP) is 3.06. The van der Waals surface area contributed by atoms with Crippen LogP contribution in [0.25, 0.3) is 0 Å². The Kier molecular flexibility index (Phi) is 3.64. The molecule has 0 fully saturated rings. The largest absolute Gasteiger partial charge is 0.382 e. The van der Waals surface area contributed by atoms with Crippen molar-refractivity contribution in [3.63, 3.8) is 0 Å². The minimum absolute atomic E-state index is 0.630. The van der Waals surface area contributed by atoms with Crippen LogP contribution in [0, 0.1) is 6.92 Å². The lowest BCUT2D eigenvalue weighted by Crippen LogP contribution is -2.10. The van der Waals surface area contributed by atoms with Gasteiger partial charge in [0.1, 0.15) is 6.10 Å². The standard InChI is InChI=1S/C13H15BrN2O/c1-3-16-12(6-7-15-16)13(17)11-8-10(14)5-4-9(11)2/h4-8,13,17H,3H2,1-2H3. The minimum atomic E-state index is -0.630. The summed E-state index contributed by atoms with van der Waals surface area (Å²) in [5.74, 6) is 0. The highest BCUT2D eigenvalue weighted by atomic mass is 79.9. The van der Waals surface area contributed by atoms with Crippen molar-refractivity contribution in [1.82, 2.24) is 9.78 Å². The van der Waals surface area contributed by atoms with Gasteiger partial charge in [0, 0.05) is 17.2 Å². The van der Waals surface area contributed by atoms with Gasteiger partial charge in [0.15, 0.2) is 0 Å². The third-order valence-corrected chi connectivity index (χ3v) is 3.36. The van der Waals surface area contributed by atoms with Crippen molar-refractivity contribution in [3.05, 3.63) is 51.8 Å². The number of hydrogen-bond donors (Lipinski definition) is 1. The van der Waals surface area contributed by atoms with Crippen LogP contribution in [0.4, 0.5) is 0 Å². The normalized spacial score (nSPS) is 12.7. The van der Waals surface area contributed by atoms with E-state index < -0.39 is 6.10 Å². The zero-order valence-corrected chi connectivity index (χ0v) is 11.5. The number of hydrogen-bond acceptors (Lipinski definition) is 2. The van der Waals surface area contributed by atoms with Gasteiger partial charge in [-0.3, -0.25) is 4.68 Å². The van der Waals surface area contributed by atoms with Crippen molar-refractivity contribution in [3.8, 4) is 0 Å². The first-order valence-electron chi connectivity index (χ1n) is 5.59. The van der Waals surface area contributed by atoms with Gasteiger partial charge in [0.2, 0.25) is 0 Å². The smallest absolute Gasteiger partial charge is 0.121 e. The number of halogens is 1. The Morgan fingerprint density at radius 3 is 2.88 bits per heavy atom. The van der Waals surface area contributed by atoms with E-state index in [9.17, 15) is 5.11 Å². The first-order chi connectivity index (χ1) is 8.13. The zero-order valence-electron chi connectivity index (χ0n) is 9.89. The molecule has 1 heterocycles. The second kappa shape index (κ2) is 5.02. The highest BCUT2D eigenvalue weighted by molar-refractivity contribution is 9.10. The minimum Gasteiger partial charge on any atom is -0.382 e. The summed E-state index contributed by atoms with van der Waals surface area (Å²) in [6, 6.07) is 7.78. The van der Waals surface area contributed by atoms with Crippen LogP contribution in [0.3, 0.4) is 0 Å². The molecule has 4 heteroatoms. The van der Waals surface area contributed by atoms with Crippen LogP contribution in [0.2, 0.25) is 0 Å². The fraction of sp³-hybridized carbons (Fsp3) is 0.308. The Balaban J connectivity index is 2.43. The maximum absolute atomic E-state index is 10.4. The van der Waals surface area contributed by atoms with E-state index in [1.54, 1.807) is 6.20 Å². The molecular formula is C13H15BrN2O. The van der Waals surface area contributed by atoms with Gasteiger partial charge in [-0.05, 0) is 43.2 Å². The molecule has 0 aliphatic carbocycles. The third kappa shape index (κ3) is 2.42. The van der Waals surface area contributed by atoms with Gasteiger partial charge in [-0.1, -0.05) is 22.0 Å². The van der Waals surface area contributed by atoms with Gasteiger partial charge in [-0.15, -0.1) is 0 Å². The number of aromatic nitrogens is 2. The Morgan fingerprint density at radius 2 is 2.18 bits per heavy atom. The molecule has 3 nitrogen and oxygen atoms in total. The number of benzene rings is 1. The van der Waals surface area contributed by atoms with Gasteiger partial charge in [-0.25, -0.2) is 0 Å². The molecule has 0 bridgehead atoms. The van der Waals surface area contributed by atoms with E-state index in [4.69, 9.17) is 0 Å². The van der Waals surface area contributed by atoms with E-state index in [1.807, 2.05) is 42.8 Å². The molecule has 2 rings (SSSR count). The SMILES string of the molecule is CCn1nccc1C(O)c1cc(Br)ccc1C. The predicted molar refractivity (Wildman–Crippen MR) is 70.8 cm³/mol. The number of aryl methyl sites for hydroxylation is 2. The molecule has 1 unspecified atom stereocenters. The maximum Gasteiger partial charge on any atom is 0.121 e. The highest BCUT2D eigenvalue weighted by Gasteiger charge is 2.16. The molecule has 1 aromatic heterocycles.